The van der Waals surface area contributed by atoms with Gasteiger partial charge in [-0.05, 0) is 89.7 Å². The van der Waals surface area contributed by atoms with Gasteiger partial charge in [-0.25, -0.2) is 8.42 Å². The molecule has 0 aliphatic rings. The first kappa shape index (κ1) is 27.5. The van der Waals surface area contributed by atoms with E-state index in [1.54, 1.807) is 36.4 Å². The van der Waals surface area contributed by atoms with Crippen molar-refractivity contribution in [3.63, 3.8) is 0 Å². The molecule has 38 heavy (non-hydrogen) atoms. The van der Waals surface area contributed by atoms with E-state index in [0.29, 0.717) is 18.1 Å². The molecule has 0 heterocycles. The second-order valence-electron chi connectivity index (χ2n) is 11.0. The summed E-state index contributed by atoms with van der Waals surface area (Å²) >= 11 is 0. The predicted octanol–water partition coefficient (Wildman–Crippen LogP) is 8.33. The molecule has 0 radical (unpaired) electrons. The van der Waals surface area contributed by atoms with Gasteiger partial charge in [-0.1, -0.05) is 71.0 Å². The summed E-state index contributed by atoms with van der Waals surface area (Å²) in [6, 6.07) is 29.9. The van der Waals surface area contributed by atoms with E-state index < -0.39 is 9.84 Å². The quantitative estimate of drug-likeness (QED) is 0.231. The SMILES string of the molecule is CCOc1ccc(C(C)(C)c2ccc(Oc3ccc(S(=O)(=O)c4ccc(C(C)(C)C)cc4)cc3)cc2)cc1. The molecule has 0 aliphatic carbocycles. The molecule has 4 aromatic rings. The average Bonchev–Trinajstić information content (AvgIpc) is 2.89. The Morgan fingerprint density at radius 3 is 1.34 bits per heavy atom. The molecular formula is C33H36O4S. The molecule has 0 aliphatic heterocycles. The van der Waals surface area contributed by atoms with Crippen LogP contribution < -0.4 is 9.47 Å². The van der Waals surface area contributed by atoms with E-state index in [0.717, 1.165) is 16.9 Å². The summed E-state index contributed by atoms with van der Waals surface area (Å²) in [4.78, 5) is 0.519. The highest BCUT2D eigenvalue weighted by atomic mass is 32.2. The maximum Gasteiger partial charge on any atom is 0.206 e. The molecule has 0 saturated heterocycles. The standard InChI is InChI=1S/C33H36O4S/c1-7-36-27-14-8-25(9-15-27)33(5,6)26-10-16-28(17-11-26)37-29-18-22-31(23-19-29)38(34,35)30-20-12-24(13-21-30)32(2,3)4/h8-23H,7H2,1-6H3. The van der Waals surface area contributed by atoms with Gasteiger partial charge in [0.05, 0.1) is 16.4 Å². The van der Waals surface area contributed by atoms with E-state index in [4.69, 9.17) is 9.47 Å². The van der Waals surface area contributed by atoms with Crippen molar-refractivity contribution in [1.82, 2.24) is 0 Å². The Morgan fingerprint density at radius 2 is 0.921 bits per heavy atom. The van der Waals surface area contributed by atoms with Crippen molar-refractivity contribution in [3.05, 3.63) is 114 Å². The van der Waals surface area contributed by atoms with E-state index in [2.05, 4.69) is 58.9 Å². The smallest absolute Gasteiger partial charge is 0.206 e. The van der Waals surface area contributed by atoms with Crippen LogP contribution in [0.3, 0.4) is 0 Å². The second-order valence-corrected chi connectivity index (χ2v) is 12.9. The van der Waals surface area contributed by atoms with Crippen LogP contribution in [0, 0.1) is 0 Å². The predicted molar refractivity (Wildman–Crippen MR) is 153 cm³/mol. The third kappa shape index (κ3) is 5.94. The molecule has 0 unspecified atom stereocenters. The van der Waals surface area contributed by atoms with E-state index in [1.807, 2.05) is 43.3 Å². The maximum absolute atomic E-state index is 13.1. The molecule has 0 saturated carbocycles. The zero-order valence-corrected chi connectivity index (χ0v) is 23.8. The van der Waals surface area contributed by atoms with Crippen LogP contribution in [0.2, 0.25) is 0 Å². The number of hydrogen-bond donors (Lipinski definition) is 0. The molecule has 0 atom stereocenters. The first-order chi connectivity index (χ1) is 17.9. The van der Waals surface area contributed by atoms with E-state index in [1.165, 1.54) is 5.56 Å². The number of sulfone groups is 1. The molecule has 0 N–H and O–H groups in total. The lowest BCUT2D eigenvalue weighted by atomic mass is 9.78. The zero-order valence-electron chi connectivity index (χ0n) is 23.0. The van der Waals surface area contributed by atoms with Gasteiger partial charge in [-0.15, -0.1) is 0 Å². The lowest BCUT2D eigenvalue weighted by Gasteiger charge is -2.26. The fourth-order valence-electron chi connectivity index (χ4n) is 4.33. The van der Waals surface area contributed by atoms with Crippen LogP contribution in [0.1, 0.15) is 58.2 Å². The van der Waals surface area contributed by atoms with Gasteiger partial charge in [0.2, 0.25) is 9.84 Å². The summed E-state index contributed by atoms with van der Waals surface area (Å²) in [6.07, 6.45) is 0. The van der Waals surface area contributed by atoms with Crippen LogP contribution in [-0.2, 0) is 20.7 Å². The van der Waals surface area contributed by atoms with Crippen molar-refractivity contribution >= 4 is 9.84 Å². The number of ether oxygens (including phenoxy) is 2. The van der Waals surface area contributed by atoms with E-state index in [-0.39, 0.29) is 20.6 Å². The van der Waals surface area contributed by atoms with Gasteiger partial charge in [-0.2, -0.15) is 0 Å². The third-order valence-corrected chi connectivity index (χ3v) is 8.65. The topological polar surface area (TPSA) is 52.6 Å². The van der Waals surface area contributed by atoms with Gasteiger partial charge >= 0.3 is 0 Å². The Kier molecular flexibility index (Phi) is 7.70. The van der Waals surface area contributed by atoms with Gasteiger partial charge < -0.3 is 9.47 Å². The summed E-state index contributed by atoms with van der Waals surface area (Å²) in [7, 11) is -3.61. The Bertz CT molecular complexity index is 1460. The fourth-order valence-corrected chi connectivity index (χ4v) is 5.59. The molecule has 0 fully saturated rings. The van der Waals surface area contributed by atoms with Gasteiger partial charge in [0.1, 0.15) is 17.2 Å². The molecule has 5 heteroatoms. The minimum atomic E-state index is -3.61. The highest BCUT2D eigenvalue weighted by Crippen LogP contribution is 2.34. The molecule has 0 spiro atoms. The maximum atomic E-state index is 13.1. The molecule has 4 rings (SSSR count). The lowest BCUT2D eigenvalue weighted by Crippen LogP contribution is -2.18. The summed E-state index contributed by atoms with van der Waals surface area (Å²) in [6.45, 7) is 13.3. The summed E-state index contributed by atoms with van der Waals surface area (Å²) < 4.78 is 37.8. The first-order valence-corrected chi connectivity index (χ1v) is 14.4. The molecule has 4 nitrogen and oxygen atoms in total. The highest BCUT2D eigenvalue weighted by Gasteiger charge is 2.23. The second kappa shape index (κ2) is 10.7. The first-order valence-electron chi connectivity index (χ1n) is 12.9. The van der Waals surface area contributed by atoms with Crippen molar-refractivity contribution in [2.24, 2.45) is 0 Å². The zero-order chi connectivity index (χ0) is 27.6. The van der Waals surface area contributed by atoms with Crippen molar-refractivity contribution in [3.8, 4) is 17.2 Å². The van der Waals surface area contributed by atoms with Crippen LogP contribution in [0.5, 0.6) is 17.2 Å². The molecular weight excluding hydrogens is 492 g/mol. The Morgan fingerprint density at radius 1 is 0.553 bits per heavy atom. The van der Waals surface area contributed by atoms with Crippen LogP contribution in [0.15, 0.2) is 107 Å². The largest absolute Gasteiger partial charge is 0.494 e. The highest BCUT2D eigenvalue weighted by molar-refractivity contribution is 7.91. The van der Waals surface area contributed by atoms with E-state index >= 15 is 0 Å². The van der Waals surface area contributed by atoms with Crippen LogP contribution in [-0.4, -0.2) is 15.0 Å². The lowest BCUT2D eigenvalue weighted by molar-refractivity contribution is 0.340. The average molecular weight is 529 g/mol. The Labute approximate surface area is 227 Å². The minimum Gasteiger partial charge on any atom is -0.494 e. The third-order valence-electron chi connectivity index (χ3n) is 6.86. The number of hydrogen-bond acceptors (Lipinski definition) is 4. The number of benzene rings is 4. The van der Waals surface area contributed by atoms with Crippen molar-refractivity contribution in [1.29, 1.82) is 0 Å². The van der Waals surface area contributed by atoms with Gasteiger partial charge in [0.15, 0.2) is 0 Å². The fraction of sp³-hybridized carbons (Fsp3) is 0.273. The Hall–Kier alpha value is -3.57. The molecule has 4 aromatic carbocycles. The van der Waals surface area contributed by atoms with Crippen LogP contribution in [0.25, 0.3) is 0 Å². The molecule has 0 amide bonds. The summed E-state index contributed by atoms with van der Waals surface area (Å²) in [5.74, 6) is 2.13. The Balaban J connectivity index is 1.46. The monoisotopic (exact) mass is 528 g/mol. The van der Waals surface area contributed by atoms with Gasteiger partial charge in [0.25, 0.3) is 0 Å². The molecule has 0 aromatic heterocycles. The molecule has 198 valence electrons. The van der Waals surface area contributed by atoms with Crippen molar-refractivity contribution in [2.45, 2.75) is 62.2 Å². The number of rotatable bonds is 8. The minimum absolute atomic E-state index is 0.0372. The normalized spacial score (nSPS) is 12.3. The van der Waals surface area contributed by atoms with Crippen LogP contribution in [0.4, 0.5) is 0 Å². The summed E-state index contributed by atoms with van der Waals surface area (Å²) in [5.41, 5.74) is 3.22. The van der Waals surface area contributed by atoms with Gasteiger partial charge in [-0.3, -0.25) is 0 Å². The van der Waals surface area contributed by atoms with Crippen molar-refractivity contribution in [2.75, 3.05) is 6.61 Å². The summed E-state index contributed by atoms with van der Waals surface area (Å²) in [5, 5.41) is 0. The van der Waals surface area contributed by atoms with Crippen LogP contribution >= 0.6 is 0 Å². The molecule has 0 bridgehead atoms. The van der Waals surface area contributed by atoms with Gasteiger partial charge in [0, 0.05) is 5.41 Å². The van der Waals surface area contributed by atoms with E-state index in [9.17, 15) is 8.42 Å². The van der Waals surface area contributed by atoms with Crippen molar-refractivity contribution < 1.29 is 17.9 Å².